The number of carbonyl (C=O) groups is 1. The third kappa shape index (κ3) is 4.67. The summed E-state index contributed by atoms with van der Waals surface area (Å²) in [6.07, 6.45) is 1.76. The molecule has 3 rings (SSSR count). The number of aromatic nitrogens is 1. The summed E-state index contributed by atoms with van der Waals surface area (Å²) in [6.45, 7) is 4.32. The summed E-state index contributed by atoms with van der Waals surface area (Å²) in [5, 5.41) is 5.19. The molecule has 0 spiro atoms. The smallest absolute Gasteiger partial charge is 0.319 e. The summed E-state index contributed by atoms with van der Waals surface area (Å²) in [7, 11) is 2.12. The predicted octanol–water partition coefficient (Wildman–Crippen LogP) is 2.29. The highest BCUT2D eigenvalue weighted by molar-refractivity contribution is 5.89. The Bertz CT molecular complexity index is 714. The normalized spacial score (nSPS) is 15.0. The van der Waals surface area contributed by atoms with Gasteiger partial charge in [0.05, 0.1) is 5.69 Å². The summed E-state index contributed by atoms with van der Waals surface area (Å²) >= 11 is 0. The molecule has 1 aliphatic rings. The van der Waals surface area contributed by atoms with E-state index in [1.807, 2.05) is 12.1 Å². The molecule has 0 unspecified atom stereocenters. The van der Waals surface area contributed by atoms with Crippen molar-refractivity contribution in [1.82, 2.24) is 15.2 Å². The quantitative estimate of drug-likeness (QED) is 0.894. The molecule has 2 N–H and O–H groups in total. The Morgan fingerprint density at radius 3 is 2.60 bits per heavy atom. The zero-order valence-electron chi connectivity index (χ0n) is 14.2. The first kappa shape index (κ1) is 17.2. The van der Waals surface area contributed by atoms with Crippen LogP contribution in [0.4, 0.5) is 20.7 Å². The van der Waals surface area contributed by atoms with Crippen molar-refractivity contribution in [3.05, 3.63) is 54.0 Å². The van der Waals surface area contributed by atoms with Gasteiger partial charge in [-0.15, -0.1) is 0 Å². The van der Waals surface area contributed by atoms with E-state index in [1.165, 1.54) is 12.1 Å². The number of piperazine rings is 1. The number of anilines is 2. The van der Waals surface area contributed by atoms with Gasteiger partial charge in [-0.1, -0.05) is 18.2 Å². The molecular weight excluding hydrogens is 321 g/mol. The van der Waals surface area contributed by atoms with E-state index in [1.54, 1.807) is 18.3 Å². The van der Waals surface area contributed by atoms with Crippen LogP contribution in [0.5, 0.6) is 0 Å². The first-order valence-corrected chi connectivity index (χ1v) is 8.29. The van der Waals surface area contributed by atoms with E-state index in [9.17, 15) is 9.18 Å². The zero-order chi connectivity index (χ0) is 17.6. The number of amides is 2. The third-order valence-corrected chi connectivity index (χ3v) is 4.21. The van der Waals surface area contributed by atoms with Gasteiger partial charge < -0.3 is 20.4 Å². The number of likely N-dealkylation sites (N-methyl/N-ethyl adjacent to an activating group) is 1. The van der Waals surface area contributed by atoms with E-state index in [0.717, 1.165) is 37.6 Å². The van der Waals surface area contributed by atoms with E-state index >= 15 is 0 Å². The number of urea groups is 1. The highest BCUT2D eigenvalue weighted by atomic mass is 19.1. The van der Waals surface area contributed by atoms with Crippen LogP contribution in [0.2, 0.25) is 0 Å². The Morgan fingerprint density at radius 2 is 1.92 bits per heavy atom. The summed E-state index contributed by atoms with van der Waals surface area (Å²) in [4.78, 5) is 20.9. The number of halogens is 1. The zero-order valence-corrected chi connectivity index (χ0v) is 14.2. The maximum atomic E-state index is 13.5. The first-order valence-electron chi connectivity index (χ1n) is 8.29. The van der Waals surface area contributed by atoms with E-state index in [0.29, 0.717) is 6.54 Å². The minimum Gasteiger partial charge on any atom is -0.354 e. The minimum absolute atomic E-state index is 0.156. The monoisotopic (exact) mass is 343 g/mol. The molecule has 1 aromatic heterocycles. The van der Waals surface area contributed by atoms with Crippen LogP contribution in [0.1, 0.15) is 5.56 Å². The number of hydrogen-bond acceptors (Lipinski definition) is 4. The maximum Gasteiger partial charge on any atom is 0.319 e. The molecule has 7 heteroatoms. The summed E-state index contributed by atoms with van der Waals surface area (Å²) in [5.41, 5.74) is 1.05. The van der Waals surface area contributed by atoms with Gasteiger partial charge in [-0.25, -0.2) is 14.2 Å². The molecule has 2 amide bonds. The SMILES string of the molecule is CN1CCN(c2ccc(CNC(=O)Nc3ccccc3F)cn2)CC1. The second-order valence-corrected chi connectivity index (χ2v) is 6.10. The molecule has 0 bridgehead atoms. The topological polar surface area (TPSA) is 60.5 Å². The van der Waals surface area contributed by atoms with Crippen molar-refractivity contribution >= 4 is 17.5 Å². The number of para-hydroxylation sites is 1. The van der Waals surface area contributed by atoms with Gasteiger partial charge in [0.1, 0.15) is 11.6 Å². The molecular formula is C18H22FN5O. The average molecular weight is 343 g/mol. The number of hydrogen-bond donors (Lipinski definition) is 2. The molecule has 2 heterocycles. The van der Waals surface area contributed by atoms with Gasteiger partial charge in [-0.3, -0.25) is 0 Å². The van der Waals surface area contributed by atoms with Crippen LogP contribution in [-0.4, -0.2) is 49.1 Å². The summed E-state index contributed by atoms with van der Waals surface area (Å²) in [5.74, 6) is 0.489. The molecule has 0 radical (unpaired) electrons. The van der Waals surface area contributed by atoms with Crippen molar-refractivity contribution in [1.29, 1.82) is 0 Å². The fraction of sp³-hybridized carbons (Fsp3) is 0.333. The number of nitrogens with one attached hydrogen (secondary N) is 2. The van der Waals surface area contributed by atoms with Crippen molar-refractivity contribution in [2.24, 2.45) is 0 Å². The molecule has 132 valence electrons. The number of carbonyl (C=O) groups excluding carboxylic acids is 1. The number of nitrogens with zero attached hydrogens (tertiary/aromatic N) is 3. The Kier molecular flexibility index (Phi) is 5.45. The average Bonchev–Trinajstić information content (AvgIpc) is 2.63. The van der Waals surface area contributed by atoms with Crippen molar-refractivity contribution in [3.8, 4) is 0 Å². The van der Waals surface area contributed by atoms with Crippen LogP contribution in [0.15, 0.2) is 42.6 Å². The summed E-state index contributed by atoms with van der Waals surface area (Å²) < 4.78 is 13.5. The molecule has 1 saturated heterocycles. The molecule has 1 aliphatic heterocycles. The van der Waals surface area contributed by atoms with Crippen molar-refractivity contribution in [2.45, 2.75) is 6.54 Å². The Balaban J connectivity index is 1.50. The third-order valence-electron chi connectivity index (χ3n) is 4.21. The van der Waals surface area contributed by atoms with Gasteiger partial charge in [0, 0.05) is 38.9 Å². The standard InChI is InChI=1S/C18H22FN5O/c1-23-8-10-24(11-9-23)17-7-6-14(12-20-17)13-21-18(25)22-16-5-3-2-4-15(16)19/h2-7,12H,8-11,13H2,1H3,(H2,21,22,25). The Labute approximate surface area is 146 Å². The number of benzene rings is 1. The Morgan fingerprint density at radius 1 is 1.16 bits per heavy atom. The molecule has 0 saturated carbocycles. The predicted molar refractivity (Wildman–Crippen MR) is 96.2 cm³/mol. The van der Waals surface area contributed by atoms with Gasteiger partial charge >= 0.3 is 6.03 Å². The van der Waals surface area contributed by atoms with E-state index in [2.05, 4.69) is 32.5 Å². The fourth-order valence-electron chi connectivity index (χ4n) is 2.66. The Hall–Kier alpha value is -2.67. The molecule has 0 atom stereocenters. The molecule has 2 aromatic rings. The minimum atomic E-state index is -0.462. The van der Waals surface area contributed by atoms with Gasteiger partial charge in [0.2, 0.25) is 0 Å². The van der Waals surface area contributed by atoms with Crippen molar-refractivity contribution < 1.29 is 9.18 Å². The van der Waals surface area contributed by atoms with Gasteiger partial charge in [-0.05, 0) is 30.8 Å². The van der Waals surface area contributed by atoms with Gasteiger partial charge in [-0.2, -0.15) is 0 Å². The molecule has 1 fully saturated rings. The lowest BCUT2D eigenvalue weighted by molar-refractivity contribution is 0.251. The van der Waals surface area contributed by atoms with Crippen molar-refractivity contribution in [3.63, 3.8) is 0 Å². The lowest BCUT2D eigenvalue weighted by atomic mass is 10.2. The fourth-order valence-corrected chi connectivity index (χ4v) is 2.66. The molecule has 1 aromatic carbocycles. The lowest BCUT2D eigenvalue weighted by Crippen LogP contribution is -2.44. The van der Waals surface area contributed by atoms with Crippen LogP contribution in [0, 0.1) is 5.82 Å². The lowest BCUT2D eigenvalue weighted by Gasteiger charge is -2.33. The van der Waals surface area contributed by atoms with Gasteiger partial charge in [0.25, 0.3) is 0 Å². The van der Waals surface area contributed by atoms with Crippen molar-refractivity contribution in [2.75, 3.05) is 43.4 Å². The van der Waals surface area contributed by atoms with Gasteiger partial charge in [0.15, 0.2) is 0 Å². The van der Waals surface area contributed by atoms with E-state index in [-0.39, 0.29) is 5.69 Å². The summed E-state index contributed by atoms with van der Waals surface area (Å²) in [6, 6.07) is 9.53. The number of pyridine rings is 1. The molecule has 25 heavy (non-hydrogen) atoms. The van der Waals surface area contributed by atoms with Crippen LogP contribution < -0.4 is 15.5 Å². The molecule has 6 nitrogen and oxygen atoms in total. The van der Waals surface area contributed by atoms with E-state index in [4.69, 9.17) is 0 Å². The first-order chi connectivity index (χ1) is 12.1. The maximum absolute atomic E-state index is 13.5. The molecule has 0 aliphatic carbocycles. The second kappa shape index (κ2) is 7.94. The van der Waals surface area contributed by atoms with Crippen LogP contribution in [-0.2, 0) is 6.54 Å². The largest absolute Gasteiger partial charge is 0.354 e. The second-order valence-electron chi connectivity index (χ2n) is 6.10. The highest BCUT2D eigenvalue weighted by Gasteiger charge is 2.15. The van der Waals surface area contributed by atoms with Crippen LogP contribution in [0.3, 0.4) is 0 Å². The van der Waals surface area contributed by atoms with Crippen LogP contribution in [0.25, 0.3) is 0 Å². The number of rotatable bonds is 4. The van der Waals surface area contributed by atoms with E-state index < -0.39 is 11.8 Å². The van der Waals surface area contributed by atoms with Crippen LogP contribution >= 0.6 is 0 Å². The highest BCUT2D eigenvalue weighted by Crippen LogP contribution is 2.14.